The van der Waals surface area contributed by atoms with Crippen LogP contribution in [0.3, 0.4) is 0 Å². The van der Waals surface area contributed by atoms with E-state index in [1.165, 1.54) is 12.7 Å². The van der Waals surface area contributed by atoms with Gasteiger partial charge in [-0.3, -0.25) is 9.48 Å². The number of hydrogen-bond donors (Lipinski definition) is 1. The standard InChI is InChI=1S/C15H20N6O/c1-20-13(18-11-19-20)10-17-14-12(6-5-7-16-14)15(22)21-8-3-2-4-9-21/h5-7,11H,2-4,8-10H2,1H3,(H,16,17). The van der Waals surface area contributed by atoms with Crippen LogP contribution < -0.4 is 5.32 Å². The Hall–Kier alpha value is -2.44. The van der Waals surface area contributed by atoms with Gasteiger partial charge in [0.25, 0.3) is 5.91 Å². The van der Waals surface area contributed by atoms with E-state index in [4.69, 9.17) is 0 Å². The van der Waals surface area contributed by atoms with E-state index in [0.29, 0.717) is 17.9 Å². The maximum absolute atomic E-state index is 12.7. The minimum Gasteiger partial charge on any atom is -0.362 e. The summed E-state index contributed by atoms with van der Waals surface area (Å²) >= 11 is 0. The zero-order valence-electron chi connectivity index (χ0n) is 12.7. The summed E-state index contributed by atoms with van der Waals surface area (Å²) in [4.78, 5) is 23.0. The van der Waals surface area contributed by atoms with E-state index < -0.39 is 0 Å². The lowest BCUT2D eigenvalue weighted by atomic mass is 10.1. The Morgan fingerprint density at radius 1 is 1.27 bits per heavy atom. The predicted molar refractivity (Wildman–Crippen MR) is 82.3 cm³/mol. The third-order valence-electron chi connectivity index (χ3n) is 3.90. The van der Waals surface area contributed by atoms with Gasteiger partial charge in [0.05, 0.1) is 12.1 Å². The minimum atomic E-state index is 0.0493. The van der Waals surface area contributed by atoms with Crippen molar-refractivity contribution in [3.63, 3.8) is 0 Å². The average molecular weight is 300 g/mol. The van der Waals surface area contributed by atoms with Gasteiger partial charge in [-0.15, -0.1) is 0 Å². The molecule has 1 N–H and O–H groups in total. The van der Waals surface area contributed by atoms with E-state index in [2.05, 4.69) is 20.4 Å². The molecule has 3 rings (SSSR count). The smallest absolute Gasteiger partial charge is 0.257 e. The van der Waals surface area contributed by atoms with E-state index in [1.807, 2.05) is 18.0 Å². The highest BCUT2D eigenvalue weighted by atomic mass is 16.2. The number of carbonyl (C=O) groups is 1. The molecule has 0 atom stereocenters. The number of rotatable bonds is 4. The number of aromatic nitrogens is 4. The Morgan fingerprint density at radius 2 is 2.09 bits per heavy atom. The average Bonchev–Trinajstić information content (AvgIpc) is 2.98. The lowest BCUT2D eigenvalue weighted by Crippen LogP contribution is -2.36. The van der Waals surface area contributed by atoms with E-state index >= 15 is 0 Å². The predicted octanol–water partition coefficient (Wildman–Crippen LogP) is 1.45. The summed E-state index contributed by atoms with van der Waals surface area (Å²) in [6, 6.07) is 3.62. The van der Waals surface area contributed by atoms with Gasteiger partial charge in [0.1, 0.15) is 18.0 Å². The molecule has 116 valence electrons. The largest absolute Gasteiger partial charge is 0.362 e. The number of aryl methyl sites for hydroxylation is 1. The Balaban J connectivity index is 1.74. The highest BCUT2D eigenvalue weighted by Gasteiger charge is 2.21. The van der Waals surface area contributed by atoms with Gasteiger partial charge in [0.2, 0.25) is 0 Å². The summed E-state index contributed by atoms with van der Waals surface area (Å²) in [7, 11) is 1.84. The first-order valence-corrected chi connectivity index (χ1v) is 7.57. The number of nitrogens with one attached hydrogen (secondary N) is 1. The highest BCUT2D eigenvalue weighted by Crippen LogP contribution is 2.18. The Kier molecular flexibility index (Phi) is 4.32. The summed E-state index contributed by atoms with van der Waals surface area (Å²) < 4.78 is 1.70. The van der Waals surface area contributed by atoms with Gasteiger partial charge in [-0.2, -0.15) is 5.10 Å². The molecule has 0 unspecified atom stereocenters. The fourth-order valence-corrected chi connectivity index (χ4v) is 2.63. The zero-order chi connectivity index (χ0) is 15.4. The molecule has 0 radical (unpaired) electrons. The van der Waals surface area contributed by atoms with Crippen LogP contribution in [-0.2, 0) is 13.6 Å². The number of amides is 1. The molecular formula is C15H20N6O. The van der Waals surface area contributed by atoms with Crippen LogP contribution in [0.25, 0.3) is 0 Å². The molecule has 0 aromatic carbocycles. The van der Waals surface area contributed by atoms with Gasteiger partial charge in [0.15, 0.2) is 0 Å². The molecule has 1 aliphatic heterocycles. The van der Waals surface area contributed by atoms with Gasteiger partial charge >= 0.3 is 0 Å². The van der Waals surface area contributed by atoms with Crippen LogP contribution in [0.4, 0.5) is 5.82 Å². The lowest BCUT2D eigenvalue weighted by molar-refractivity contribution is 0.0725. The van der Waals surface area contributed by atoms with Crippen molar-refractivity contribution in [1.29, 1.82) is 0 Å². The normalized spacial score (nSPS) is 14.9. The SMILES string of the molecule is Cn1ncnc1CNc1ncccc1C(=O)N1CCCCC1. The van der Waals surface area contributed by atoms with Gasteiger partial charge in [0, 0.05) is 26.3 Å². The van der Waals surface area contributed by atoms with E-state index in [0.717, 1.165) is 31.8 Å². The molecule has 0 spiro atoms. The van der Waals surface area contributed by atoms with Crippen LogP contribution in [0.15, 0.2) is 24.7 Å². The maximum Gasteiger partial charge on any atom is 0.257 e. The maximum atomic E-state index is 12.7. The van der Waals surface area contributed by atoms with Crippen LogP contribution in [0, 0.1) is 0 Å². The van der Waals surface area contributed by atoms with Crippen molar-refractivity contribution < 1.29 is 4.79 Å². The second-order valence-electron chi connectivity index (χ2n) is 5.41. The van der Waals surface area contributed by atoms with Crippen LogP contribution in [0.2, 0.25) is 0 Å². The summed E-state index contributed by atoms with van der Waals surface area (Å²) in [5.74, 6) is 1.44. The number of carbonyl (C=O) groups excluding carboxylic acids is 1. The number of anilines is 1. The molecule has 1 amide bonds. The third kappa shape index (κ3) is 3.08. The topological polar surface area (TPSA) is 75.9 Å². The molecular weight excluding hydrogens is 280 g/mol. The second-order valence-corrected chi connectivity index (χ2v) is 5.41. The quantitative estimate of drug-likeness (QED) is 0.925. The Labute approximate surface area is 129 Å². The van der Waals surface area contributed by atoms with Crippen molar-refractivity contribution >= 4 is 11.7 Å². The van der Waals surface area contributed by atoms with Crippen molar-refractivity contribution in [2.24, 2.45) is 7.05 Å². The molecule has 0 aliphatic carbocycles. The first-order chi connectivity index (χ1) is 10.8. The molecule has 2 aromatic heterocycles. The monoisotopic (exact) mass is 300 g/mol. The molecule has 1 saturated heterocycles. The first-order valence-electron chi connectivity index (χ1n) is 7.57. The number of likely N-dealkylation sites (tertiary alicyclic amines) is 1. The Morgan fingerprint density at radius 3 is 2.82 bits per heavy atom. The zero-order valence-corrected chi connectivity index (χ0v) is 12.7. The van der Waals surface area contributed by atoms with Gasteiger partial charge in [-0.1, -0.05) is 0 Å². The van der Waals surface area contributed by atoms with Crippen molar-refractivity contribution in [3.8, 4) is 0 Å². The Bertz CT molecular complexity index is 647. The lowest BCUT2D eigenvalue weighted by Gasteiger charge is -2.27. The molecule has 7 heteroatoms. The van der Waals surface area contributed by atoms with Crippen molar-refractivity contribution in [1.82, 2.24) is 24.6 Å². The fraction of sp³-hybridized carbons (Fsp3) is 0.467. The van der Waals surface area contributed by atoms with Gasteiger partial charge < -0.3 is 10.2 Å². The second kappa shape index (κ2) is 6.55. The molecule has 3 heterocycles. The van der Waals surface area contributed by atoms with E-state index in [-0.39, 0.29) is 5.91 Å². The molecule has 0 bridgehead atoms. The van der Waals surface area contributed by atoms with Gasteiger partial charge in [-0.25, -0.2) is 9.97 Å². The van der Waals surface area contributed by atoms with Crippen LogP contribution >= 0.6 is 0 Å². The van der Waals surface area contributed by atoms with Crippen LogP contribution in [0.1, 0.15) is 35.4 Å². The first kappa shape index (κ1) is 14.5. The van der Waals surface area contributed by atoms with Crippen molar-refractivity contribution in [2.75, 3.05) is 18.4 Å². The molecule has 7 nitrogen and oxygen atoms in total. The van der Waals surface area contributed by atoms with Gasteiger partial charge in [-0.05, 0) is 31.4 Å². The molecule has 1 aliphatic rings. The van der Waals surface area contributed by atoms with E-state index in [1.54, 1.807) is 16.9 Å². The summed E-state index contributed by atoms with van der Waals surface area (Å²) in [6.45, 7) is 2.14. The minimum absolute atomic E-state index is 0.0493. The highest BCUT2D eigenvalue weighted by molar-refractivity contribution is 5.98. The summed E-state index contributed by atoms with van der Waals surface area (Å²) in [5, 5.41) is 7.22. The summed E-state index contributed by atoms with van der Waals surface area (Å²) in [5.41, 5.74) is 0.617. The fourth-order valence-electron chi connectivity index (χ4n) is 2.63. The number of nitrogens with zero attached hydrogens (tertiary/aromatic N) is 5. The van der Waals surface area contributed by atoms with Crippen LogP contribution in [-0.4, -0.2) is 43.6 Å². The van der Waals surface area contributed by atoms with Crippen molar-refractivity contribution in [3.05, 3.63) is 36.0 Å². The molecule has 1 fully saturated rings. The summed E-state index contributed by atoms with van der Waals surface area (Å²) in [6.07, 6.45) is 6.55. The third-order valence-corrected chi connectivity index (χ3v) is 3.90. The molecule has 0 saturated carbocycles. The van der Waals surface area contributed by atoms with E-state index in [9.17, 15) is 4.79 Å². The molecule has 22 heavy (non-hydrogen) atoms. The number of hydrogen-bond acceptors (Lipinski definition) is 5. The number of pyridine rings is 1. The number of piperidine rings is 1. The molecule has 2 aromatic rings. The van der Waals surface area contributed by atoms with Crippen molar-refractivity contribution in [2.45, 2.75) is 25.8 Å². The van der Waals surface area contributed by atoms with Crippen LogP contribution in [0.5, 0.6) is 0 Å².